The molecular formula is C40H20F8N2. The van der Waals surface area contributed by atoms with Crippen LogP contribution in [0.3, 0.4) is 0 Å². The molecule has 50 heavy (non-hydrogen) atoms. The molecular weight excluding hydrogens is 660 g/mol. The Morgan fingerprint density at radius 2 is 0.560 bits per heavy atom. The molecule has 0 fully saturated rings. The van der Waals surface area contributed by atoms with Crippen LogP contribution in [0.4, 0.5) is 35.1 Å². The van der Waals surface area contributed by atoms with Crippen molar-refractivity contribution in [2.75, 3.05) is 0 Å². The van der Waals surface area contributed by atoms with Gasteiger partial charge in [-0.2, -0.15) is 17.6 Å². The molecule has 2 heterocycles. The Labute approximate surface area is 280 Å². The summed E-state index contributed by atoms with van der Waals surface area (Å²) in [5.41, 5.74) is 4.62. The summed E-state index contributed by atoms with van der Waals surface area (Å²) in [7, 11) is 0. The van der Waals surface area contributed by atoms with E-state index in [-0.39, 0.29) is 11.1 Å². The maximum atomic E-state index is 14.6. The van der Waals surface area contributed by atoms with E-state index in [1.807, 2.05) is 72.8 Å². The maximum Gasteiger partial charge on any atom is 0.252 e. The molecule has 0 radical (unpaired) electrons. The van der Waals surface area contributed by atoms with Crippen LogP contribution >= 0.6 is 0 Å². The molecule has 0 aliphatic rings. The van der Waals surface area contributed by atoms with E-state index < -0.39 is 58.2 Å². The first-order chi connectivity index (χ1) is 24.1. The molecule has 7 aromatic rings. The monoisotopic (exact) mass is 680 g/mol. The first-order valence-corrected chi connectivity index (χ1v) is 15.0. The summed E-state index contributed by atoms with van der Waals surface area (Å²) >= 11 is 0. The van der Waals surface area contributed by atoms with Crippen molar-refractivity contribution >= 4 is 0 Å². The molecule has 10 heteroatoms. The highest BCUT2D eigenvalue weighted by molar-refractivity contribution is 5.95. The Hall–Kier alpha value is -6.16. The van der Waals surface area contributed by atoms with Crippen LogP contribution in [0.5, 0.6) is 0 Å². The van der Waals surface area contributed by atoms with Gasteiger partial charge in [-0.1, -0.05) is 109 Å². The van der Waals surface area contributed by atoms with Gasteiger partial charge in [0.25, 0.3) is 11.9 Å². The van der Waals surface area contributed by atoms with E-state index in [4.69, 9.17) is 0 Å². The number of benzene rings is 5. The fraction of sp³-hybridized carbons (Fsp3) is 0. The van der Waals surface area contributed by atoms with Gasteiger partial charge < -0.3 is 0 Å². The summed E-state index contributed by atoms with van der Waals surface area (Å²) in [6, 6.07) is 34.8. The van der Waals surface area contributed by atoms with Crippen LogP contribution in [0.1, 0.15) is 0 Å². The quantitative estimate of drug-likeness (QED) is 0.129. The molecule has 0 unspecified atom stereocenters. The molecule has 2 aromatic heterocycles. The third kappa shape index (κ3) is 5.78. The average Bonchev–Trinajstić information content (AvgIpc) is 3.16. The van der Waals surface area contributed by atoms with Gasteiger partial charge in [0.15, 0.2) is 11.6 Å². The third-order valence-corrected chi connectivity index (χ3v) is 8.23. The van der Waals surface area contributed by atoms with Crippen LogP contribution in [0, 0.1) is 46.8 Å². The molecule has 0 aliphatic carbocycles. The number of halogens is 8. The topological polar surface area (TPSA) is 25.8 Å². The van der Waals surface area contributed by atoms with Crippen molar-refractivity contribution in [2.24, 2.45) is 0 Å². The molecule has 0 saturated carbocycles. The van der Waals surface area contributed by atoms with Gasteiger partial charge in [0, 0.05) is 11.1 Å². The molecule has 0 N–H and O–H groups in total. The molecule has 2 nitrogen and oxygen atoms in total. The lowest BCUT2D eigenvalue weighted by atomic mass is 9.85. The predicted octanol–water partition coefficient (Wildman–Crippen LogP) is 11.6. The van der Waals surface area contributed by atoms with Crippen molar-refractivity contribution in [1.29, 1.82) is 0 Å². The zero-order chi connectivity index (χ0) is 35.1. The minimum absolute atomic E-state index is 0.0251. The number of rotatable bonds is 6. The van der Waals surface area contributed by atoms with Crippen molar-refractivity contribution in [2.45, 2.75) is 0 Å². The smallest absolute Gasteiger partial charge is 0.214 e. The number of pyridine rings is 2. The van der Waals surface area contributed by atoms with Crippen molar-refractivity contribution in [3.8, 4) is 67.0 Å². The van der Waals surface area contributed by atoms with Gasteiger partial charge in [-0.25, -0.2) is 27.5 Å². The first kappa shape index (κ1) is 32.4. The summed E-state index contributed by atoms with van der Waals surface area (Å²) in [6.07, 6.45) is 0. The minimum Gasteiger partial charge on any atom is -0.214 e. The van der Waals surface area contributed by atoms with Crippen LogP contribution in [0.15, 0.2) is 121 Å². The molecule has 5 aromatic carbocycles. The van der Waals surface area contributed by atoms with E-state index in [2.05, 4.69) is 9.97 Å². The highest BCUT2D eigenvalue weighted by Gasteiger charge is 2.24. The van der Waals surface area contributed by atoms with Crippen molar-refractivity contribution in [3.63, 3.8) is 0 Å². The van der Waals surface area contributed by atoms with Crippen LogP contribution in [-0.2, 0) is 0 Å². The summed E-state index contributed by atoms with van der Waals surface area (Å²) in [5, 5.41) is 0. The van der Waals surface area contributed by atoms with Gasteiger partial charge in [-0.3, -0.25) is 0 Å². The summed E-state index contributed by atoms with van der Waals surface area (Å²) in [6.45, 7) is 0. The fourth-order valence-electron chi connectivity index (χ4n) is 5.76. The number of nitrogens with zero attached hydrogens (tertiary/aromatic N) is 2. The van der Waals surface area contributed by atoms with Gasteiger partial charge in [-0.05, 0) is 56.6 Å². The number of aromatic nitrogens is 2. The highest BCUT2D eigenvalue weighted by atomic mass is 19.2. The number of hydrogen-bond donors (Lipinski definition) is 0. The molecule has 0 spiro atoms. The Morgan fingerprint density at radius 3 is 0.880 bits per heavy atom. The first-order valence-electron chi connectivity index (χ1n) is 15.0. The van der Waals surface area contributed by atoms with Gasteiger partial charge in [0.05, 0.1) is 0 Å². The van der Waals surface area contributed by atoms with Gasteiger partial charge in [0.1, 0.15) is 11.4 Å². The van der Waals surface area contributed by atoms with E-state index in [1.165, 1.54) is 24.3 Å². The van der Waals surface area contributed by atoms with Gasteiger partial charge in [-0.15, -0.1) is 0 Å². The third-order valence-electron chi connectivity index (χ3n) is 8.23. The summed E-state index contributed by atoms with van der Waals surface area (Å²) < 4.78 is 112. The van der Waals surface area contributed by atoms with E-state index in [1.54, 1.807) is 24.3 Å². The summed E-state index contributed by atoms with van der Waals surface area (Å²) in [4.78, 5) is 6.55. The second kappa shape index (κ2) is 13.0. The molecule has 0 bridgehead atoms. The minimum atomic E-state index is -2.00. The molecule has 7 rings (SSSR count). The standard InChI is InChI=1S/C40H20F8N2/c41-31-33(43)37(49-39(47)35(31)45)25-15-11-23(12-16-25)29-20-28(22-9-5-2-6-10-22)30(19-27(29)21-7-3-1-4-8-21)24-13-17-26(18-14-24)38-34(44)32(42)36(46)40(48)50-38/h1-20H. The molecule has 0 amide bonds. The maximum absolute atomic E-state index is 14.6. The van der Waals surface area contributed by atoms with E-state index in [0.29, 0.717) is 11.1 Å². The largest absolute Gasteiger partial charge is 0.252 e. The predicted molar refractivity (Wildman–Crippen MR) is 174 cm³/mol. The van der Waals surface area contributed by atoms with Crippen LogP contribution in [0.2, 0.25) is 0 Å². The SMILES string of the molecule is Fc1nc(-c2ccc(-c3cc(-c4ccccc4)c(-c4ccc(-c5nc(F)c(F)c(F)c5F)cc4)cc3-c3ccccc3)cc2)c(F)c(F)c1F. The van der Waals surface area contributed by atoms with Gasteiger partial charge >= 0.3 is 0 Å². The molecule has 0 atom stereocenters. The van der Waals surface area contributed by atoms with E-state index in [0.717, 1.165) is 33.4 Å². The lowest BCUT2D eigenvalue weighted by molar-refractivity contribution is 0.393. The average molecular weight is 681 g/mol. The number of hydrogen-bond acceptors (Lipinski definition) is 2. The second-order valence-electron chi connectivity index (χ2n) is 11.2. The molecule has 246 valence electrons. The molecule has 0 aliphatic heterocycles. The Bertz CT molecular complexity index is 2210. The van der Waals surface area contributed by atoms with Crippen molar-refractivity contribution in [1.82, 2.24) is 9.97 Å². The second-order valence-corrected chi connectivity index (χ2v) is 11.2. The Kier molecular flexibility index (Phi) is 8.45. The van der Waals surface area contributed by atoms with Crippen LogP contribution in [0.25, 0.3) is 67.0 Å². The molecule has 0 saturated heterocycles. The zero-order valence-corrected chi connectivity index (χ0v) is 25.5. The lowest BCUT2D eigenvalue weighted by Crippen LogP contribution is -2.03. The highest BCUT2D eigenvalue weighted by Crippen LogP contribution is 2.43. The lowest BCUT2D eigenvalue weighted by Gasteiger charge is -2.19. The van der Waals surface area contributed by atoms with E-state index >= 15 is 0 Å². The summed E-state index contributed by atoms with van der Waals surface area (Å²) in [5.74, 6) is -14.7. The Balaban J connectivity index is 1.40. The van der Waals surface area contributed by atoms with Crippen molar-refractivity contribution < 1.29 is 35.1 Å². The van der Waals surface area contributed by atoms with Crippen LogP contribution in [-0.4, -0.2) is 9.97 Å². The van der Waals surface area contributed by atoms with Gasteiger partial charge in [0.2, 0.25) is 23.3 Å². The fourth-order valence-corrected chi connectivity index (χ4v) is 5.76. The van der Waals surface area contributed by atoms with E-state index in [9.17, 15) is 35.1 Å². The zero-order valence-electron chi connectivity index (χ0n) is 25.5. The van der Waals surface area contributed by atoms with Crippen LogP contribution < -0.4 is 0 Å². The Morgan fingerprint density at radius 1 is 0.280 bits per heavy atom. The normalized spacial score (nSPS) is 11.2. The van der Waals surface area contributed by atoms with Crippen molar-refractivity contribution in [3.05, 3.63) is 168 Å².